The van der Waals surface area contributed by atoms with Crippen molar-refractivity contribution in [1.82, 2.24) is 20.3 Å². The van der Waals surface area contributed by atoms with Crippen molar-refractivity contribution in [2.24, 2.45) is 5.73 Å². The van der Waals surface area contributed by atoms with Gasteiger partial charge in [0, 0.05) is 11.1 Å². The molecule has 3 N–H and O–H groups in total. The van der Waals surface area contributed by atoms with Gasteiger partial charge in [-0.2, -0.15) is 15.0 Å². The van der Waals surface area contributed by atoms with Crippen LogP contribution in [-0.4, -0.2) is 26.8 Å². The van der Waals surface area contributed by atoms with Crippen LogP contribution in [0.2, 0.25) is 0 Å². The highest BCUT2D eigenvalue weighted by Crippen LogP contribution is 2.28. The van der Waals surface area contributed by atoms with Crippen molar-refractivity contribution in [3.8, 4) is 5.69 Å². The molecule has 1 atom stereocenters. The van der Waals surface area contributed by atoms with Crippen molar-refractivity contribution in [1.29, 1.82) is 0 Å². The van der Waals surface area contributed by atoms with Crippen LogP contribution < -0.4 is 11.1 Å². The van der Waals surface area contributed by atoms with E-state index in [2.05, 4.69) is 15.5 Å². The van der Waals surface area contributed by atoms with Crippen molar-refractivity contribution >= 4 is 22.6 Å². The molecule has 0 saturated carbocycles. The first-order valence-corrected chi connectivity index (χ1v) is 9.55. The first-order valence-electron chi connectivity index (χ1n) is 9.55. The van der Waals surface area contributed by atoms with Crippen LogP contribution in [0.1, 0.15) is 44.8 Å². The second kappa shape index (κ2) is 7.79. The van der Waals surface area contributed by atoms with Crippen LogP contribution >= 0.6 is 0 Å². The van der Waals surface area contributed by atoms with Gasteiger partial charge in [0.1, 0.15) is 0 Å². The minimum Gasteiger partial charge on any atom is -0.366 e. The number of primary amides is 1. The fraction of sp³-hybridized carbons (Fsp3) is 0.130. The number of amides is 2. The average molecular weight is 399 g/mol. The predicted molar refractivity (Wildman–Crippen MR) is 114 cm³/mol. The molecular weight excluding hydrogens is 378 g/mol. The number of benzene rings is 3. The molecule has 7 nitrogen and oxygen atoms in total. The Hall–Kier alpha value is -4.00. The van der Waals surface area contributed by atoms with Crippen LogP contribution in [0.15, 0.2) is 67.0 Å². The van der Waals surface area contributed by atoms with Gasteiger partial charge in [-0.15, -0.1) is 0 Å². The minimum absolute atomic E-state index is 0.269. The molecule has 0 bridgehead atoms. The number of nitrogens with zero attached hydrogens (tertiary/aromatic N) is 3. The predicted octanol–water partition coefficient (Wildman–Crippen LogP) is 3.32. The normalized spacial score (nSPS) is 11.9. The maximum absolute atomic E-state index is 13.0. The van der Waals surface area contributed by atoms with Crippen molar-refractivity contribution in [3.05, 3.63) is 89.2 Å². The summed E-state index contributed by atoms with van der Waals surface area (Å²) in [7, 11) is 0. The van der Waals surface area contributed by atoms with Crippen LogP contribution in [0.25, 0.3) is 16.5 Å². The lowest BCUT2D eigenvalue weighted by atomic mass is 9.97. The number of hydrogen-bond donors (Lipinski definition) is 2. The maximum Gasteiger partial charge on any atom is 0.252 e. The molecule has 0 fully saturated rings. The molecule has 1 heterocycles. The highest BCUT2D eigenvalue weighted by Gasteiger charge is 2.18. The number of fused-ring (bicyclic) bond motifs is 1. The Morgan fingerprint density at radius 3 is 2.50 bits per heavy atom. The third-order valence-electron chi connectivity index (χ3n) is 5.11. The Labute approximate surface area is 173 Å². The van der Waals surface area contributed by atoms with Gasteiger partial charge in [-0.25, -0.2) is 0 Å². The quantitative estimate of drug-likeness (QED) is 0.537. The molecule has 1 aromatic heterocycles. The average Bonchev–Trinajstić information content (AvgIpc) is 3.28. The van der Waals surface area contributed by atoms with Crippen LogP contribution in [0.4, 0.5) is 0 Å². The molecule has 0 saturated heterocycles. The summed E-state index contributed by atoms with van der Waals surface area (Å²) < 4.78 is 0. The number of aryl methyl sites for hydroxylation is 1. The Balaban J connectivity index is 1.71. The van der Waals surface area contributed by atoms with Gasteiger partial charge in [-0.05, 0) is 60.0 Å². The highest BCUT2D eigenvalue weighted by atomic mass is 16.2. The molecule has 4 aromatic rings. The number of carbonyl (C=O) groups is 2. The summed E-state index contributed by atoms with van der Waals surface area (Å²) in [6.45, 7) is 3.75. The fourth-order valence-corrected chi connectivity index (χ4v) is 3.52. The van der Waals surface area contributed by atoms with Gasteiger partial charge in [0.15, 0.2) is 0 Å². The lowest BCUT2D eigenvalue weighted by molar-refractivity contribution is 0.0939. The number of carbonyl (C=O) groups excluding carboxylic acids is 2. The summed E-state index contributed by atoms with van der Waals surface area (Å²) >= 11 is 0. The standard InChI is InChI=1S/C23H21N5O2/c1-14-7-8-17(22(24)29)12-20(14)23(30)27-15(2)21-13-18(28-25-9-10-26-28)11-16-5-3-4-6-19(16)21/h3-13,15H,1-2H3,(H2,24,29)(H,27,30). The Kier molecular flexibility index (Phi) is 5.02. The van der Waals surface area contributed by atoms with E-state index in [0.717, 1.165) is 27.6 Å². The van der Waals surface area contributed by atoms with Crippen molar-refractivity contribution in [3.63, 3.8) is 0 Å². The van der Waals surface area contributed by atoms with Crippen molar-refractivity contribution < 1.29 is 9.59 Å². The molecule has 0 aliphatic carbocycles. The molecule has 0 spiro atoms. The highest BCUT2D eigenvalue weighted by molar-refractivity contribution is 6.00. The van der Waals surface area contributed by atoms with Crippen LogP contribution in [-0.2, 0) is 0 Å². The fourth-order valence-electron chi connectivity index (χ4n) is 3.52. The van der Waals surface area contributed by atoms with E-state index in [1.165, 1.54) is 6.07 Å². The molecule has 2 amide bonds. The maximum atomic E-state index is 13.0. The third kappa shape index (κ3) is 3.65. The monoisotopic (exact) mass is 399 g/mol. The smallest absolute Gasteiger partial charge is 0.252 e. The van der Waals surface area contributed by atoms with E-state index in [4.69, 9.17) is 5.73 Å². The zero-order chi connectivity index (χ0) is 21.3. The lowest BCUT2D eigenvalue weighted by Crippen LogP contribution is -2.28. The van der Waals surface area contributed by atoms with Gasteiger partial charge in [0.05, 0.1) is 24.1 Å². The Morgan fingerprint density at radius 2 is 1.77 bits per heavy atom. The molecule has 0 aliphatic heterocycles. The molecule has 150 valence electrons. The molecule has 3 aromatic carbocycles. The molecule has 0 aliphatic rings. The summed E-state index contributed by atoms with van der Waals surface area (Å²) in [6.07, 6.45) is 3.24. The van der Waals surface area contributed by atoms with Gasteiger partial charge < -0.3 is 11.1 Å². The van der Waals surface area contributed by atoms with Gasteiger partial charge in [-0.1, -0.05) is 30.3 Å². The topological polar surface area (TPSA) is 103 Å². The van der Waals surface area contributed by atoms with Crippen LogP contribution in [0.5, 0.6) is 0 Å². The SMILES string of the molecule is Cc1ccc(C(N)=O)cc1C(=O)NC(C)c1cc(-n2nccn2)cc2ccccc12. The van der Waals surface area contributed by atoms with E-state index in [1.54, 1.807) is 29.3 Å². The zero-order valence-corrected chi connectivity index (χ0v) is 16.7. The van der Waals surface area contributed by atoms with E-state index < -0.39 is 5.91 Å². The van der Waals surface area contributed by atoms with Gasteiger partial charge in [0.25, 0.3) is 5.91 Å². The van der Waals surface area contributed by atoms with E-state index in [9.17, 15) is 9.59 Å². The third-order valence-corrected chi connectivity index (χ3v) is 5.11. The Morgan fingerprint density at radius 1 is 1.03 bits per heavy atom. The minimum atomic E-state index is -0.567. The van der Waals surface area contributed by atoms with Gasteiger partial charge >= 0.3 is 0 Å². The summed E-state index contributed by atoms with van der Waals surface area (Å²) in [6, 6.07) is 16.5. The molecule has 7 heteroatoms. The summed E-state index contributed by atoms with van der Waals surface area (Å²) in [5.41, 5.74) is 8.61. The van der Waals surface area contributed by atoms with E-state index in [0.29, 0.717) is 11.1 Å². The number of hydrogen-bond acceptors (Lipinski definition) is 4. The summed E-state index contributed by atoms with van der Waals surface area (Å²) in [5.74, 6) is -0.836. The number of nitrogens with two attached hydrogens (primary N) is 1. The molecule has 0 radical (unpaired) electrons. The zero-order valence-electron chi connectivity index (χ0n) is 16.7. The number of rotatable bonds is 5. The molecular formula is C23H21N5O2. The molecule has 4 rings (SSSR count). The lowest BCUT2D eigenvalue weighted by Gasteiger charge is -2.19. The van der Waals surface area contributed by atoms with Crippen molar-refractivity contribution in [2.75, 3.05) is 0 Å². The van der Waals surface area contributed by atoms with E-state index >= 15 is 0 Å². The molecule has 30 heavy (non-hydrogen) atoms. The first kappa shape index (κ1) is 19.3. The summed E-state index contributed by atoms with van der Waals surface area (Å²) in [4.78, 5) is 26.0. The van der Waals surface area contributed by atoms with Crippen LogP contribution in [0.3, 0.4) is 0 Å². The van der Waals surface area contributed by atoms with E-state index in [1.807, 2.05) is 50.2 Å². The molecule has 1 unspecified atom stereocenters. The van der Waals surface area contributed by atoms with Crippen molar-refractivity contribution in [2.45, 2.75) is 19.9 Å². The first-order chi connectivity index (χ1) is 14.4. The van der Waals surface area contributed by atoms with E-state index in [-0.39, 0.29) is 11.9 Å². The second-order valence-electron chi connectivity index (χ2n) is 7.16. The second-order valence-corrected chi connectivity index (χ2v) is 7.16. The van der Waals surface area contributed by atoms with Gasteiger partial charge in [-0.3, -0.25) is 9.59 Å². The van der Waals surface area contributed by atoms with Gasteiger partial charge in [0.2, 0.25) is 5.91 Å². The van der Waals surface area contributed by atoms with Crippen LogP contribution in [0, 0.1) is 6.92 Å². The largest absolute Gasteiger partial charge is 0.366 e. The Bertz CT molecular complexity index is 1250. The number of nitrogens with one attached hydrogen (secondary N) is 1. The summed E-state index contributed by atoms with van der Waals surface area (Å²) in [5, 5.41) is 13.5. The number of aromatic nitrogens is 3.